The van der Waals surface area contributed by atoms with Gasteiger partial charge in [0.15, 0.2) is 0 Å². The Balaban J connectivity index is 1.42. The molecule has 2 aromatic rings. The molecule has 3 aliphatic rings. The van der Waals surface area contributed by atoms with E-state index < -0.39 is 30.4 Å². The molecular weight excluding hydrogens is 526 g/mol. The first-order valence-electron chi connectivity index (χ1n) is 13.8. The number of likely N-dealkylation sites (tertiary alicyclic amines) is 1. The molecule has 0 radical (unpaired) electrons. The van der Waals surface area contributed by atoms with E-state index in [1.54, 1.807) is 19.2 Å². The molecule has 2 aromatic carbocycles. The first-order chi connectivity index (χ1) is 19.1. The highest BCUT2D eigenvalue weighted by Crippen LogP contribution is 2.37. The number of aryl methyl sites for hydroxylation is 1. The molecule has 3 fully saturated rings. The van der Waals surface area contributed by atoms with E-state index in [9.17, 15) is 18.0 Å². The highest BCUT2D eigenvalue weighted by atomic mass is 19.4. The molecule has 0 bridgehead atoms. The number of benzene rings is 2. The van der Waals surface area contributed by atoms with Crippen molar-refractivity contribution in [3.63, 3.8) is 0 Å². The summed E-state index contributed by atoms with van der Waals surface area (Å²) in [7, 11) is 0. The van der Waals surface area contributed by atoms with E-state index in [2.05, 4.69) is 15.2 Å². The highest BCUT2D eigenvalue weighted by molar-refractivity contribution is 5.96. The Kier molecular flexibility index (Phi) is 8.21. The molecule has 2 amide bonds. The predicted octanol–water partition coefficient (Wildman–Crippen LogP) is 5.86. The fourth-order valence-electron chi connectivity index (χ4n) is 5.37. The van der Waals surface area contributed by atoms with Gasteiger partial charge in [0.25, 0.3) is 0 Å². The quantitative estimate of drug-likeness (QED) is 0.252. The van der Waals surface area contributed by atoms with Crippen LogP contribution in [0.2, 0.25) is 0 Å². The molecule has 3 N–H and O–H groups in total. The van der Waals surface area contributed by atoms with Crippen molar-refractivity contribution in [2.75, 3.05) is 61.9 Å². The monoisotopic (exact) mass is 561 g/mol. The zero-order valence-electron chi connectivity index (χ0n) is 22.6. The maximum absolute atomic E-state index is 15.0. The number of nitrogens with zero attached hydrogens (tertiary/aromatic N) is 3. The number of ether oxygens (including phenoxy) is 1. The second-order valence-electron chi connectivity index (χ2n) is 11.0. The van der Waals surface area contributed by atoms with Gasteiger partial charge in [-0.05, 0) is 79.0 Å². The van der Waals surface area contributed by atoms with E-state index in [4.69, 9.17) is 10.5 Å². The van der Waals surface area contributed by atoms with E-state index in [0.29, 0.717) is 49.0 Å². The van der Waals surface area contributed by atoms with Crippen LogP contribution in [-0.4, -0.2) is 69.3 Å². The molecule has 0 aromatic heterocycles. The second-order valence-corrected chi connectivity index (χ2v) is 11.0. The van der Waals surface area contributed by atoms with Gasteiger partial charge in [-0.1, -0.05) is 0 Å². The minimum atomic E-state index is -4.28. The third-order valence-electron chi connectivity index (χ3n) is 7.79. The molecule has 1 saturated carbocycles. The molecular formula is C29H35F4N5O2. The fraction of sp³-hybridized carbons (Fsp3) is 0.517. The summed E-state index contributed by atoms with van der Waals surface area (Å²) in [6.45, 7) is 5.25. The summed E-state index contributed by atoms with van der Waals surface area (Å²) < 4.78 is 58.9. The van der Waals surface area contributed by atoms with E-state index in [0.717, 1.165) is 23.4 Å². The molecule has 1 aliphatic carbocycles. The van der Waals surface area contributed by atoms with Crippen LogP contribution in [0.4, 0.5) is 39.4 Å². The number of aliphatic imine (C=N–C) groups is 1. The molecule has 40 heavy (non-hydrogen) atoms. The number of anilines is 3. The van der Waals surface area contributed by atoms with E-state index in [-0.39, 0.29) is 25.2 Å². The number of hydrogen-bond donors (Lipinski definition) is 2. The van der Waals surface area contributed by atoms with Gasteiger partial charge in [0.1, 0.15) is 5.82 Å². The third-order valence-corrected chi connectivity index (χ3v) is 7.79. The number of nitrogens with one attached hydrogen (secondary N) is 1. The van der Waals surface area contributed by atoms with Crippen LogP contribution in [0.1, 0.15) is 36.8 Å². The SMILES string of the molecule is Cc1cc(F)c(NC(=O)N2CC[C@@H](CC(F)(F)F)C2)cc1-c1cc(C=NCC2CC2)c(N)c(N2CCOCC2)c1. The zero-order chi connectivity index (χ0) is 28.4. The maximum atomic E-state index is 15.0. The van der Waals surface area contributed by atoms with Crippen molar-refractivity contribution in [3.05, 3.63) is 41.2 Å². The number of nitrogens with two attached hydrogens (primary N) is 1. The number of halogens is 4. The number of nitrogen functional groups attached to an aromatic ring is 1. The molecule has 216 valence electrons. The van der Waals surface area contributed by atoms with Crippen LogP contribution >= 0.6 is 0 Å². The molecule has 0 unspecified atom stereocenters. The lowest BCUT2D eigenvalue weighted by Gasteiger charge is -2.31. The summed E-state index contributed by atoms with van der Waals surface area (Å²) in [5, 5.41) is 2.58. The minimum absolute atomic E-state index is 0.0178. The van der Waals surface area contributed by atoms with Gasteiger partial charge in [0.05, 0.1) is 30.3 Å². The van der Waals surface area contributed by atoms with Crippen molar-refractivity contribution in [2.24, 2.45) is 16.8 Å². The first-order valence-corrected chi connectivity index (χ1v) is 13.8. The van der Waals surface area contributed by atoms with Gasteiger partial charge >= 0.3 is 12.2 Å². The maximum Gasteiger partial charge on any atom is 0.389 e. The summed E-state index contributed by atoms with van der Waals surface area (Å²) in [5.74, 6) is -0.641. The van der Waals surface area contributed by atoms with Crippen LogP contribution in [0.5, 0.6) is 0 Å². The van der Waals surface area contributed by atoms with Crippen molar-refractivity contribution in [1.82, 2.24) is 4.90 Å². The van der Waals surface area contributed by atoms with E-state index in [1.165, 1.54) is 23.8 Å². The van der Waals surface area contributed by atoms with Crippen LogP contribution in [0.15, 0.2) is 29.3 Å². The van der Waals surface area contributed by atoms with Crippen LogP contribution in [0.25, 0.3) is 11.1 Å². The number of carbonyl (C=O) groups is 1. The summed E-state index contributed by atoms with van der Waals surface area (Å²) in [6.07, 6.45) is -0.779. The average Bonchev–Trinajstić information content (AvgIpc) is 3.62. The average molecular weight is 562 g/mol. The molecule has 2 heterocycles. The Bertz CT molecular complexity index is 1270. The molecule has 5 rings (SSSR count). The molecule has 2 aliphatic heterocycles. The lowest BCUT2D eigenvalue weighted by Crippen LogP contribution is -2.36. The third kappa shape index (κ3) is 6.86. The number of carbonyl (C=O) groups excluding carboxylic acids is 1. The van der Waals surface area contributed by atoms with Gasteiger partial charge in [0, 0.05) is 50.9 Å². The normalized spacial score (nSPS) is 20.0. The Hall–Kier alpha value is -3.34. The van der Waals surface area contributed by atoms with Gasteiger partial charge in [-0.3, -0.25) is 4.99 Å². The Morgan fingerprint density at radius 3 is 2.58 bits per heavy atom. The Morgan fingerprint density at radius 2 is 1.88 bits per heavy atom. The van der Waals surface area contributed by atoms with Gasteiger partial charge < -0.3 is 25.6 Å². The predicted molar refractivity (Wildman–Crippen MR) is 149 cm³/mol. The number of hydrogen-bond acceptors (Lipinski definition) is 5. The van der Waals surface area contributed by atoms with Gasteiger partial charge in [-0.2, -0.15) is 13.2 Å². The largest absolute Gasteiger partial charge is 0.397 e. The van der Waals surface area contributed by atoms with Crippen LogP contribution < -0.4 is 16.0 Å². The standard InChI is InChI=1S/C29H35F4N5O2/c1-18-10-24(30)25(36-28(39)38-5-4-20(17-38)14-29(31,32)33)13-23(18)21-11-22(16-35-15-19-2-3-19)27(34)26(12-21)37-6-8-40-9-7-37/h10-13,16,19-20H,2-9,14-15,17,34H2,1H3,(H,36,39)/t20-/m0/s1. The van der Waals surface area contributed by atoms with Crippen molar-refractivity contribution < 1.29 is 27.1 Å². The van der Waals surface area contributed by atoms with Gasteiger partial charge in [0.2, 0.25) is 0 Å². The molecule has 1 atom stereocenters. The van der Waals surface area contributed by atoms with Crippen molar-refractivity contribution >= 4 is 29.3 Å². The van der Waals surface area contributed by atoms with Crippen LogP contribution in [-0.2, 0) is 4.74 Å². The second kappa shape index (κ2) is 11.6. The number of alkyl halides is 3. The van der Waals surface area contributed by atoms with Crippen LogP contribution in [0, 0.1) is 24.6 Å². The topological polar surface area (TPSA) is 83.2 Å². The van der Waals surface area contributed by atoms with E-state index in [1.807, 2.05) is 12.1 Å². The van der Waals surface area contributed by atoms with Crippen molar-refractivity contribution in [2.45, 2.75) is 38.8 Å². The Labute approximate surface area is 231 Å². The molecule has 11 heteroatoms. The highest BCUT2D eigenvalue weighted by Gasteiger charge is 2.36. The molecule has 0 spiro atoms. The summed E-state index contributed by atoms with van der Waals surface area (Å²) in [4.78, 5) is 20.9. The molecule has 2 saturated heterocycles. The summed E-state index contributed by atoms with van der Waals surface area (Å²) in [5.41, 5.74) is 11.0. The number of amides is 2. The number of urea groups is 1. The van der Waals surface area contributed by atoms with Gasteiger partial charge in [-0.25, -0.2) is 9.18 Å². The van der Waals surface area contributed by atoms with Crippen LogP contribution in [0.3, 0.4) is 0 Å². The first kappa shape index (κ1) is 28.2. The number of morpholine rings is 1. The lowest BCUT2D eigenvalue weighted by molar-refractivity contribution is -0.143. The van der Waals surface area contributed by atoms with Gasteiger partial charge in [-0.15, -0.1) is 0 Å². The summed E-state index contributed by atoms with van der Waals surface area (Å²) in [6, 6.07) is 6.20. The van der Waals surface area contributed by atoms with Crippen molar-refractivity contribution in [1.29, 1.82) is 0 Å². The lowest BCUT2D eigenvalue weighted by atomic mass is 9.96. The smallest absolute Gasteiger partial charge is 0.389 e. The zero-order valence-corrected chi connectivity index (χ0v) is 22.6. The Morgan fingerprint density at radius 1 is 1.12 bits per heavy atom. The fourth-order valence-corrected chi connectivity index (χ4v) is 5.37. The number of rotatable bonds is 7. The summed E-state index contributed by atoms with van der Waals surface area (Å²) >= 11 is 0. The van der Waals surface area contributed by atoms with E-state index >= 15 is 4.39 Å². The molecule has 7 nitrogen and oxygen atoms in total. The van der Waals surface area contributed by atoms with Crippen molar-refractivity contribution in [3.8, 4) is 11.1 Å². The minimum Gasteiger partial charge on any atom is -0.397 e.